The minimum atomic E-state index is -0.727. The van der Waals surface area contributed by atoms with Crippen molar-refractivity contribution in [2.45, 2.75) is 32.1 Å². The average molecular weight is 240 g/mol. The second kappa shape index (κ2) is 5.07. The minimum absolute atomic E-state index is 0.459. The molecule has 2 saturated carbocycles. The molecule has 0 aromatic rings. The summed E-state index contributed by atoms with van der Waals surface area (Å²) in [7, 11) is 2.64. The van der Waals surface area contributed by atoms with E-state index in [2.05, 4.69) is 9.47 Å². The zero-order valence-electron chi connectivity index (χ0n) is 10.5. The van der Waals surface area contributed by atoms with Crippen LogP contribution < -0.4 is 0 Å². The van der Waals surface area contributed by atoms with Gasteiger partial charge in [-0.25, -0.2) is 0 Å². The SMILES string of the molecule is COC(=O)C(CC1CC2CCC1C2)C(=O)OC. The van der Waals surface area contributed by atoms with Crippen molar-refractivity contribution < 1.29 is 19.1 Å². The molecule has 17 heavy (non-hydrogen) atoms. The molecule has 2 aliphatic rings. The maximum absolute atomic E-state index is 11.6. The lowest BCUT2D eigenvalue weighted by molar-refractivity contribution is -0.159. The van der Waals surface area contributed by atoms with Crippen LogP contribution in [0.25, 0.3) is 0 Å². The molecular weight excluding hydrogens is 220 g/mol. The van der Waals surface area contributed by atoms with Crippen molar-refractivity contribution >= 4 is 11.9 Å². The van der Waals surface area contributed by atoms with Crippen molar-refractivity contribution in [3.8, 4) is 0 Å². The quantitative estimate of drug-likeness (QED) is 0.555. The zero-order chi connectivity index (χ0) is 12.4. The van der Waals surface area contributed by atoms with Gasteiger partial charge in [0.25, 0.3) is 0 Å². The second-order valence-electron chi connectivity index (χ2n) is 5.27. The van der Waals surface area contributed by atoms with E-state index < -0.39 is 17.9 Å². The fourth-order valence-corrected chi connectivity index (χ4v) is 3.54. The Bertz CT molecular complexity index is 297. The van der Waals surface area contributed by atoms with E-state index in [0.29, 0.717) is 18.3 Å². The Morgan fingerprint density at radius 3 is 2.18 bits per heavy atom. The topological polar surface area (TPSA) is 52.6 Å². The number of esters is 2. The molecule has 0 aromatic carbocycles. The third-order valence-corrected chi connectivity index (χ3v) is 4.39. The molecule has 4 heteroatoms. The molecule has 96 valence electrons. The maximum Gasteiger partial charge on any atom is 0.320 e. The van der Waals surface area contributed by atoms with Gasteiger partial charge in [0, 0.05) is 0 Å². The lowest BCUT2D eigenvalue weighted by Crippen LogP contribution is -2.30. The van der Waals surface area contributed by atoms with Gasteiger partial charge in [0.2, 0.25) is 0 Å². The Morgan fingerprint density at radius 1 is 1.12 bits per heavy atom. The van der Waals surface area contributed by atoms with E-state index in [1.165, 1.54) is 33.5 Å². The Kier molecular flexibility index (Phi) is 3.69. The van der Waals surface area contributed by atoms with Gasteiger partial charge in [-0.2, -0.15) is 0 Å². The summed E-state index contributed by atoms with van der Waals surface area (Å²) in [5, 5.41) is 0. The van der Waals surface area contributed by atoms with Gasteiger partial charge in [0.15, 0.2) is 5.92 Å². The van der Waals surface area contributed by atoms with Crippen LogP contribution in [-0.2, 0) is 19.1 Å². The predicted molar refractivity (Wildman–Crippen MR) is 61.1 cm³/mol. The van der Waals surface area contributed by atoms with Gasteiger partial charge in [-0.1, -0.05) is 6.42 Å². The fraction of sp³-hybridized carbons (Fsp3) is 0.846. The lowest BCUT2D eigenvalue weighted by Gasteiger charge is -2.24. The standard InChI is InChI=1S/C13H20O4/c1-16-12(14)11(13(15)17-2)7-10-6-8-3-4-9(10)5-8/h8-11H,3-7H2,1-2H3. The monoisotopic (exact) mass is 240 g/mol. The molecule has 0 saturated heterocycles. The van der Waals surface area contributed by atoms with Gasteiger partial charge in [-0.05, 0) is 43.4 Å². The maximum atomic E-state index is 11.6. The zero-order valence-corrected chi connectivity index (χ0v) is 10.5. The number of hydrogen-bond donors (Lipinski definition) is 0. The molecule has 3 atom stereocenters. The fourth-order valence-electron chi connectivity index (χ4n) is 3.54. The van der Waals surface area contributed by atoms with E-state index in [-0.39, 0.29) is 0 Å². The summed E-state index contributed by atoms with van der Waals surface area (Å²) < 4.78 is 9.37. The molecule has 0 aromatic heterocycles. The van der Waals surface area contributed by atoms with E-state index in [4.69, 9.17) is 0 Å². The van der Waals surface area contributed by atoms with Crippen LogP contribution in [0.1, 0.15) is 32.1 Å². The van der Waals surface area contributed by atoms with Crippen molar-refractivity contribution in [2.75, 3.05) is 14.2 Å². The summed E-state index contributed by atoms with van der Waals surface area (Å²) in [4.78, 5) is 23.2. The van der Waals surface area contributed by atoms with Crippen molar-refractivity contribution in [3.05, 3.63) is 0 Å². The summed E-state index contributed by atoms with van der Waals surface area (Å²) in [5.41, 5.74) is 0. The van der Waals surface area contributed by atoms with E-state index in [0.717, 1.165) is 12.3 Å². The second-order valence-corrected chi connectivity index (χ2v) is 5.27. The Balaban J connectivity index is 1.97. The average Bonchev–Trinajstić information content (AvgIpc) is 2.96. The van der Waals surface area contributed by atoms with Crippen LogP contribution in [0.5, 0.6) is 0 Å². The van der Waals surface area contributed by atoms with Crippen LogP contribution >= 0.6 is 0 Å². The highest BCUT2D eigenvalue weighted by atomic mass is 16.5. The Labute approximate surface area is 102 Å². The van der Waals surface area contributed by atoms with E-state index in [1.807, 2.05) is 0 Å². The minimum Gasteiger partial charge on any atom is -0.468 e. The van der Waals surface area contributed by atoms with Gasteiger partial charge in [-0.15, -0.1) is 0 Å². The third-order valence-electron chi connectivity index (χ3n) is 4.39. The molecule has 0 amide bonds. The predicted octanol–water partition coefficient (Wildman–Crippen LogP) is 1.77. The van der Waals surface area contributed by atoms with Crippen LogP contribution in [0.15, 0.2) is 0 Å². The number of carbonyl (C=O) groups is 2. The normalized spacial score (nSPS) is 30.6. The van der Waals surface area contributed by atoms with Crippen molar-refractivity contribution in [1.29, 1.82) is 0 Å². The highest BCUT2D eigenvalue weighted by molar-refractivity contribution is 5.94. The molecule has 0 radical (unpaired) electrons. The van der Waals surface area contributed by atoms with Crippen LogP contribution in [0.3, 0.4) is 0 Å². The van der Waals surface area contributed by atoms with E-state index >= 15 is 0 Å². The van der Waals surface area contributed by atoms with Gasteiger partial charge < -0.3 is 9.47 Å². The van der Waals surface area contributed by atoms with Crippen molar-refractivity contribution in [1.82, 2.24) is 0 Å². The lowest BCUT2D eigenvalue weighted by atomic mass is 9.82. The summed E-state index contributed by atoms with van der Waals surface area (Å²) in [6, 6.07) is 0. The molecule has 0 N–H and O–H groups in total. The molecule has 2 rings (SSSR count). The molecule has 2 fully saturated rings. The number of ether oxygens (including phenoxy) is 2. The summed E-state index contributed by atoms with van der Waals surface area (Å²) in [5.74, 6) is 0.378. The molecular formula is C13H20O4. The largest absolute Gasteiger partial charge is 0.468 e. The van der Waals surface area contributed by atoms with Gasteiger partial charge in [0.1, 0.15) is 0 Å². The first-order chi connectivity index (χ1) is 8.15. The number of carbonyl (C=O) groups excluding carboxylic acids is 2. The van der Waals surface area contributed by atoms with Crippen LogP contribution in [0.4, 0.5) is 0 Å². The Hall–Kier alpha value is -1.06. The van der Waals surface area contributed by atoms with Gasteiger partial charge >= 0.3 is 11.9 Å². The molecule has 2 bridgehead atoms. The number of hydrogen-bond acceptors (Lipinski definition) is 4. The summed E-state index contributed by atoms with van der Waals surface area (Å²) in [6.45, 7) is 0. The molecule has 4 nitrogen and oxygen atoms in total. The van der Waals surface area contributed by atoms with E-state index in [9.17, 15) is 9.59 Å². The first-order valence-electron chi connectivity index (χ1n) is 6.31. The van der Waals surface area contributed by atoms with Crippen LogP contribution in [-0.4, -0.2) is 26.2 Å². The molecule has 0 spiro atoms. The summed E-state index contributed by atoms with van der Waals surface area (Å²) in [6.07, 6.45) is 5.61. The van der Waals surface area contributed by atoms with Crippen molar-refractivity contribution in [3.63, 3.8) is 0 Å². The van der Waals surface area contributed by atoms with Crippen LogP contribution in [0, 0.1) is 23.7 Å². The van der Waals surface area contributed by atoms with Gasteiger partial charge in [-0.3, -0.25) is 9.59 Å². The highest BCUT2D eigenvalue weighted by Crippen LogP contribution is 2.50. The van der Waals surface area contributed by atoms with E-state index in [1.54, 1.807) is 0 Å². The smallest absolute Gasteiger partial charge is 0.320 e. The summed E-state index contributed by atoms with van der Waals surface area (Å²) >= 11 is 0. The van der Waals surface area contributed by atoms with Gasteiger partial charge in [0.05, 0.1) is 14.2 Å². The van der Waals surface area contributed by atoms with Crippen molar-refractivity contribution in [2.24, 2.45) is 23.7 Å². The molecule has 2 aliphatic carbocycles. The first kappa shape index (κ1) is 12.4. The number of methoxy groups -OCH3 is 2. The molecule has 3 unspecified atom stereocenters. The molecule has 0 aliphatic heterocycles. The third kappa shape index (κ3) is 2.45. The highest BCUT2D eigenvalue weighted by Gasteiger charge is 2.43. The first-order valence-corrected chi connectivity index (χ1v) is 6.31. The molecule has 0 heterocycles. The van der Waals surface area contributed by atoms with Crippen LogP contribution in [0.2, 0.25) is 0 Å². The number of rotatable bonds is 4. The number of fused-ring (bicyclic) bond motifs is 2. The Morgan fingerprint density at radius 2 is 1.76 bits per heavy atom.